The normalized spacial score (nSPS) is 24.1. The number of rotatable bonds is 4. The fraction of sp³-hybridized carbons (Fsp3) is 0.538. The first-order chi connectivity index (χ1) is 9.63. The van der Waals surface area contributed by atoms with Crippen molar-refractivity contribution in [3.8, 4) is 0 Å². The summed E-state index contributed by atoms with van der Waals surface area (Å²) in [6, 6.07) is 3.84. The monoisotopic (exact) mass is 340 g/mol. The molecule has 1 N–H and O–H groups in total. The van der Waals surface area contributed by atoms with Gasteiger partial charge in [0, 0.05) is 12.7 Å². The number of β-amino-alcohol motifs (C(OH)–C–C–N with tert-alkyl or cyclic N) is 1. The zero-order valence-corrected chi connectivity index (χ0v) is 12.7. The van der Waals surface area contributed by atoms with Gasteiger partial charge in [-0.15, -0.1) is 5.10 Å². The summed E-state index contributed by atoms with van der Waals surface area (Å²) in [5.41, 5.74) is -0.754. The molecule has 1 saturated heterocycles. The van der Waals surface area contributed by atoms with E-state index in [1.54, 1.807) is 17.1 Å². The van der Waals surface area contributed by atoms with Crippen molar-refractivity contribution >= 4 is 15.9 Å². The van der Waals surface area contributed by atoms with Crippen molar-refractivity contribution in [1.29, 1.82) is 0 Å². The predicted octanol–water partition coefficient (Wildman–Crippen LogP) is 1.66. The van der Waals surface area contributed by atoms with E-state index in [0.717, 1.165) is 29.8 Å². The molecule has 0 bridgehead atoms. The molecule has 1 aliphatic rings. The maximum atomic E-state index is 10.7. The first kappa shape index (κ1) is 13.8. The summed E-state index contributed by atoms with van der Waals surface area (Å²) in [4.78, 5) is 2.21. The van der Waals surface area contributed by atoms with Crippen LogP contribution in [-0.4, -0.2) is 43.7 Å². The number of aromatic nitrogens is 3. The maximum Gasteiger partial charge on any atom is 0.169 e. The van der Waals surface area contributed by atoms with Gasteiger partial charge in [-0.3, -0.25) is 4.90 Å². The maximum absolute atomic E-state index is 10.7. The van der Waals surface area contributed by atoms with Gasteiger partial charge in [0.25, 0.3) is 0 Å². The molecule has 20 heavy (non-hydrogen) atoms. The summed E-state index contributed by atoms with van der Waals surface area (Å²) < 4.78 is 7.95. The number of hydrogen-bond donors (Lipinski definition) is 1. The molecule has 1 unspecified atom stereocenters. The van der Waals surface area contributed by atoms with E-state index in [1.165, 1.54) is 0 Å². The minimum atomic E-state index is -0.754. The van der Waals surface area contributed by atoms with Gasteiger partial charge in [0.1, 0.15) is 5.76 Å². The van der Waals surface area contributed by atoms with E-state index in [4.69, 9.17) is 4.42 Å². The summed E-state index contributed by atoms with van der Waals surface area (Å²) in [5.74, 6) is 0.905. The molecule has 3 heterocycles. The van der Waals surface area contributed by atoms with E-state index in [0.29, 0.717) is 19.6 Å². The number of likely N-dealkylation sites (tertiary alicyclic amines) is 1. The Morgan fingerprint density at radius 3 is 3.05 bits per heavy atom. The number of furan rings is 1. The highest BCUT2D eigenvalue weighted by Gasteiger charge is 2.34. The smallest absolute Gasteiger partial charge is 0.169 e. The van der Waals surface area contributed by atoms with E-state index in [1.807, 2.05) is 12.1 Å². The minimum absolute atomic E-state index is 0.478. The third kappa shape index (κ3) is 3.28. The van der Waals surface area contributed by atoms with E-state index in [9.17, 15) is 5.11 Å². The van der Waals surface area contributed by atoms with E-state index >= 15 is 0 Å². The highest BCUT2D eigenvalue weighted by atomic mass is 79.9. The molecule has 1 aliphatic heterocycles. The fourth-order valence-electron chi connectivity index (χ4n) is 2.75. The number of hydrogen-bond acceptors (Lipinski definition) is 5. The van der Waals surface area contributed by atoms with Crippen LogP contribution in [0.3, 0.4) is 0 Å². The topological polar surface area (TPSA) is 67.3 Å². The van der Waals surface area contributed by atoms with Crippen molar-refractivity contribution in [2.24, 2.45) is 0 Å². The van der Waals surface area contributed by atoms with Crippen LogP contribution in [0.25, 0.3) is 0 Å². The first-order valence-corrected chi connectivity index (χ1v) is 7.45. The van der Waals surface area contributed by atoms with Crippen LogP contribution in [0.4, 0.5) is 0 Å². The SMILES string of the molecule is OC1(Cn2ccnn2)CCCN(Cc2ccc(Br)o2)C1. The van der Waals surface area contributed by atoms with Gasteiger partial charge in [0.15, 0.2) is 4.67 Å². The highest BCUT2D eigenvalue weighted by Crippen LogP contribution is 2.25. The summed E-state index contributed by atoms with van der Waals surface area (Å²) in [6.07, 6.45) is 5.16. The number of piperidine rings is 1. The van der Waals surface area contributed by atoms with Crippen molar-refractivity contribution in [1.82, 2.24) is 19.9 Å². The largest absolute Gasteiger partial charge is 0.453 e. The molecule has 0 saturated carbocycles. The van der Waals surface area contributed by atoms with Crippen molar-refractivity contribution in [2.75, 3.05) is 13.1 Å². The Morgan fingerprint density at radius 1 is 1.45 bits per heavy atom. The van der Waals surface area contributed by atoms with Gasteiger partial charge in [0.2, 0.25) is 0 Å². The Labute approximate surface area is 125 Å². The number of halogens is 1. The second-order valence-corrected chi connectivity index (χ2v) is 6.13. The minimum Gasteiger partial charge on any atom is -0.453 e. The molecular weight excluding hydrogens is 324 g/mol. The Balaban J connectivity index is 1.63. The van der Waals surface area contributed by atoms with Crippen LogP contribution in [0.2, 0.25) is 0 Å². The van der Waals surface area contributed by atoms with Crippen molar-refractivity contribution in [3.63, 3.8) is 0 Å². The zero-order valence-electron chi connectivity index (χ0n) is 11.1. The quantitative estimate of drug-likeness (QED) is 0.916. The molecule has 7 heteroatoms. The summed E-state index contributed by atoms with van der Waals surface area (Å²) in [6.45, 7) is 2.78. The van der Waals surface area contributed by atoms with Crippen LogP contribution in [0.1, 0.15) is 18.6 Å². The standard InChI is InChI=1S/C13H17BrN4O2/c14-12-3-2-11(20-12)8-17-6-1-4-13(19,9-17)10-18-7-5-15-16-18/h2-3,5,7,19H,1,4,6,8-10H2. The lowest BCUT2D eigenvalue weighted by atomic mass is 9.92. The Morgan fingerprint density at radius 2 is 2.35 bits per heavy atom. The number of aliphatic hydroxyl groups is 1. The lowest BCUT2D eigenvalue weighted by Gasteiger charge is -2.38. The third-order valence-corrected chi connectivity index (χ3v) is 4.00. The molecule has 1 fully saturated rings. The molecule has 0 spiro atoms. The third-order valence-electron chi connectivity index (χ3n) is 3.57. The summed E-state index contributed by atoms with van der Waals surface area (Å²) in [7, 11) is 0. The van der Waals surface area contributed by atoms with Gasteiger partial charge in [0.05, 0.1) is 24.9 Å². The Bertz CT molecular complexity index is 556. The molecule has 3 rings (SSSR count). The average Bonchev–Trinajstić information content (AvgIpc) is 3.01. The lowest BCUT2D eigenvalue weighted by Crippen LogP contribution is -2.50. The second-order valence-electron chi connectivity index (χ2n) is 5.35. The average molecular weight is 341 g/mol. The molecular formula is C13H17BrN4O2. The van der Waals surface area contributed by atoms with Crippen LogP contribution < -0.4 is 0 Å². The van der Waals surface area contributed by atoms with Gasteiger partial charge >= 0.3 is 0 Å². The van der Waals surface area contributed by atoms with Crippen molar-refractivity contribution < 1.29 is 9.52 Å². The molecule has 1 atom stereocenters. The summed E-state index contributed by atoms with van der Waals surface area (Å²) in [5, 5.41) is 18.4. The number of nitrogens with zero attached hydrogens (tertiary/aromatic N) is 4. The van der Waals surface area contributed by atoms with Gasteiger partial charge in [-0.05, 0) is 47.4 Å². The molecule has 0 radical (unpaired) electrons. The Kier molecular flexibility index (Phi) is 3.91. The molecule has 108 valence electrons. The molecule has 0 aliphatic carbocycles. The second kappa shape index (κ2) is 5.67. The molecule has 6 nitrogen and oxygen atoms in total. The van der Waals surface area contributed by atoms with Crippen LogP contribution in [0.5, 0.6) is 0 Å². The van der Waals surface area contributed by atoms with Crippen molar-refractivity contribution in [3.05, 3.63) is 35.0 Å². The van der Waals surface area contributed by atoms with Crippen LogP contribution in [0, 0.1) is 0 Å². The summed E-state index contributed by atoms with van der Waals surface area (Å²) >= 11 is 3.31. The molecule has 2 aromatic rings. The highest BCUT2D eigenvalue weighted by molar-refractivity contribution is 9.10. The zero-order chi connectivity index (χ0) is 14.0. The van der Waals surface area contributed by atoms with Crippen LogP contribution in [0.15, 0.2) is 33.6 Å². The molecule has 0 aromatic carbocycles. The van der Waals surface area contributed by atoms with Gasteiger partial charge < -0.3 is 9.52 Å². The van der Waals surface area contributed by atoms with Gasteiger partial charge in [-0.1, -0.05) is 5.21 Å². The molecule has 0 amide bonds. The van der Waals surface area contributed by atoms with E-state index in [2.05, 4.69) is 31.1 Å². The molecule has 2 aromatic heterocycles. The van der Waals surface area contributed by atoms with E-state index in [-0.39, 0.29) is 0 Å². The predicted molar refractivity (Wildman–Crippen MR) is 75.9 cm³/mol. The van der Waals surface area contributed by atoms with Gasteiger partial charge in [-0.2, -0.15) is 0 Å². The fourth-order valence-corrected chi connectivity index (χ4v) is 3.09. The van der Waals surface area contributed by atoms with Crippen molar-refractivity contribution in [2.45, 2.75) is 31.5 Å². The first-order valence-electron chi connectivity index (χ1n) is 6.66. The van der Waals surface area contributed by atoms with Crippen LogP contribution >= 0.6 is 15.9 Å². The van der Waals surface area contributed by atoms with Crippen LogP contribution in [-0.2, 0) is 13.1 Å². The lowest BCUT2D eigenvalue weighted by molar-refractivity contribution is -0.0492. The van der Waals surface area contributed by atoms with E-state index < -0.39 is 5.60 Å². The van der Waals surface area contributed by atoms with Gasteiger partial charge in [-0.25, -0.2) is 4.68 Å². The Hall–Kier alpha value is -1.18.